The number of nitrogens with one attached hydrogen (secondary N) is 1. The molecule has 1 aromatic rings. The third-order valence-corrected chi connectivity index (χ3v) is 3.38. The molecule has 1 saturated carbocycles. The molecule has 4 heteroatoms. The maximum atomic E-state index is 4.23. The van der Waals surface area contributed by atoms with E-state index in [4.69, 9.17) is 0 Å². The van der Waals surface area contributed by atoms with Crippen LogP contribution in [0.15, 0.2) is 0 Å². The third-order valence-electron chi connectivity index (χ3n) is 2.44. The molecule has 0 amide bonds. The minimum Gasteiger partial charge on any atom is -0.306 e. The Bertz CT molecular complexity index is 323. The first kappa shape index (κ1) is 11.0. The van der Waals surface area contributed by atoms with Crippen LogP contribution in [0.4, 0.5) is 0 Å². The number of aromatic nitrogens is 2. The van der Waals surface area contributed by atoms with Crippen molar-refractivity contribution in [2.24, 2.45) is 5.92 Å². The van der Waals surface area contributed by atoms with Crippen LogP contribution in [-0.4, -0.2) is 15.7 Å². The molecule has 15 heavy (non-hydrogen) atoms. The Balaban J connectivity index is 1.83. The van der Waals surface area contributed by atoms with Crippen LogP contribution in [0.3, 0.4) is 0 Å². The van der Waals surface area contributed by atoms with E-state index in [0.29, 0.717) is 0 Å². The maximum absolute atomic E-state index is 4.23. The molecule has 84 valence electrons. The fraction of sp³-hybridized carbons (Fsp3) is 0.818. The highest BCUT2D eigenvalue weighted by molar-refractivity contribution is 7.11. The lowest BCUT2D eigenvalue weighted by Gasteiger charge is -2.19. The van der Waals surface area contributed by atoms with E-state index in [0.717, 1.165) is 23.9 Å². The Hall–Kier alpha value is -0.480. The highest BCUT2D eigenvalue weighted by atomic mass is 32.1. The molecule has 1 N–H and O–H groups in total. The van der Waals surface area contributed by atoms with Crippen LogP contribution < -0.4 is 5.32 Å². The Kier molecular flexibility index (Phi) is 3.07. The molecule has 0 radical (unpaired) electrons. The van der Waals surface area contributed by atoms with Gasteiger partial charge in [0.25, 0.3) is 0 Å². The molecule has 0 aromatic carbocycles. The molecule has 0 aliphatic heterocycles. The van der Waals surface area contributed by atoms with Crippen molar-refractivity contribution in [2.75, 3.05) is 0 Å². The van der Waals surface area contributed by atoms with Crippen LogP contribution in [0, 0.1) is 5.92 Å². The van der Waals surface area contributed by atoms with Gasteiger partial charge in [-0.3, -0.25) is 0 Å². The van der Waals surface area contributed by atoms with Crippen molar-refractivity contribution in [1.82, 2.24) is 15.5 Å². The van der Waals surface area contributed by atoms with E-state index in [1.165, 1.54) is 17.8 Å². The van der Waals surface area contributed by atoms with Gasteiger partial charge < -0.3 is 5.32 Å². The fourth-order valence-corrected chi connectivity index (χ4v) is 2.25. The van der Waals surface area contributed by atoms with Gasteiger partial charge in [-0.15, -0.1) is 21.5 Å². The highest BCUT2D eigenvalue weighted by Crippen LogP contribution is 2.33. The van der Waals surface area contributed by atoms with Crippen LogP contribution in [0.1, 0.15) is 43.6 Å². The van der Waals surface area contributed by atoms with E-state index < -0.39 is 0 Å². The van der Waals surface area contributed by atoms with Gasteiger partial charge in [0.1, 0.15) is 10.0 Å². The smallest absolute Gasteiger partial charge is 0.131 e. The van der Waals surface area contributed by atoms with Gasteiger partial charge in [0.2, 0.25) is 0 Å². The molecule has 0 unspecified atom stereocenters. The van der Waals surface area contributed by atoms with E-state index in [1.807, 2.05) is 0 Å². The van der Waals surface area contributed by atoms with Gasteiger partial charge >= 0.3 is 0 Å². The summed E-state index contributed by atoms with van der Waals surface area (Å²) in [6.07, 6.45) is 3.91. The van der Waals surface area contributed by atoms with Crippen LogP contribution in [0.2, 0.25) is 0 Å². The third kappa shape index (κ3) is 3.87. The van der Waals surface area contributed by atoms with E-state index in [9.17, 15) is 0 Å². The van der Waals surface area contributed by atoms with Crippen LogP contribution in [-0.2, 0) is 13.0 Å². The Morgan fingerprint density at radius 3 is 2.53 bits per heavy atom. The van der Waals surface area contributed by atoms with Gasteiger partial charge in [-0.1, -0.05) is 0 Å². The van der Waals surface area contributed by atoms with Crippen LogP contribution in [0.25, 0.3) is 0 Å². The quantitative estimate of drug-likeness (QED) is 0.855. The molecule has 3 nitrogen and oxygen atoms in total. The molecule has 2 rings (SSSR count). The molecular formula is C11H19N3S. The molecule has 1 aliphatic rings. The summed E-state index contributed by atoms with van der Waals surface area (Å²) in [6, 6.07) is 0. The largest absolute Gasteiger partial charge is 0.306 e. The molecular weight excluding hydrogens is 206 g/mol. The van der Waals surface area contributed by atoms with Gasteiger partial charge in [-0.05, 0) is 39.5 Å². The first-order valence-corrected chi connectivity index (χ1v) is 6.41. The summed E-state index contributed by atoms with van der Waals surface area (Å²) in [5.41, 5.74) is 0.155. The topological polar surface area (TPSA) is 37.8 Å². The number of hydrogen-bond acceptors (Lipinski definition) is 4. The molecule has 1 heterocycles. The van der Waals surface area contributed by atoms with Gasteiger partial charge in [0.15, 0.2) is 0 Å². The first-order chi connectivity index (χ1) is 7.03. The standard InChI is InChI=1S/C11H19N3S/c1-11(2,3)12-7-10-14-13-9(15-10)6-8-4-5-8/h8,12H,4-7H2,1-3H3. The number of nitrogens with zero attached hydrogens (tertiary/aromatic N) is 2. The summed E-state index contributed by atoms with van der Waals surface area (Å²) >= 11 is 1.76. The molecule has 0 spiro atoms. The highest BCUT2D eigenvalue weighted by Gasteiger charge is 2.23. The lowest BCUT2D eigenvalue weighted by molar-refractivity contribution is 0.423. The van der Waals surface area contributed by atoms with Crippen molar-refractivity contribution in [1.29, 1.82) is 0 Å². The normalized spacial score (nSPS) is 17.0. The fourth-order valence-electron chi connectivity index (χ4n) is 1.35. The number of rotatable bonds is 4. The van der Waals surface area contributed by atoms with Gasteiger partial charge in [0, 0.05) is 12.0 Å². The average Bonchev–Trinajstić information content (AvgIpc) is 2.79. The van der Waals surface area contributed by atoms with Gasteiger partial charge in [0.05, 0.1) is 6.54 Å². The average molecular weight is 225 g/mol. The predicted octanol–water partition coefficient (Wildman–Crippen LogP) is 2.38. The van der Waals surface area contributed by atoms with Crippen molar-refractivity contribution in [3.63, 3.8) is 0 Å². The monoisotopic (exact) mass is 225 g/mol. The SMILES string of the molecule is CC(C)(C)NCc1nnc(CC2CC2)s1. The summed E-state index contributed by atoms with van der Waals surface area (Å²) in [4.78, 5) is 0. The maximum Gasteiger partial charge on any atom is 0.131 e. The molecule has 1 aliphatic carbocycles. The van der Waals surface area contributed by atoms with E-state index in [1.54, 1.807) is 11.3 Å². The summed E-state index contributed by atoms with van der Waals surface area (Å²) < 4.78 is 0. The lowest BCUT2D eigenvalue weighted by Crippen LogP contribution is -2.35. The zero-order valence-corrected chi connectivity index (χ0v) is 10.5. The van der Waals surface area contributed by atoms with Gasteiger partial charge in [-0.25, -0.2) is 0 Å². The van der Waals surface area contributed by atoms with E-state index in [2.05, 4.69) is 36.3 Å². The minimum absolute atomic E-state index is 0.155. The Morgan fingerprint density at radius 1 is 1.27 bits per heavy atom. The molecule has 0 bridgehead atoms. The number of hydrogen-bond donors (Lipinski definition) is 1. The molecule has 1 aromatic heterocycles. The van der Waals surface area contributed by atoms with Crippen molar-refractivity contribution >= 4 is 11.3 Å². The van der Waals surface area contributed by atoms with E-state index >= 15 is 0 Å². The molecule has 0 saturated heterocycles. The zero-order chi connectivity index (χ0) is 10.9. The molecule has 1 fully saturated rings. The van der Waals surface area contributed by atoms with Crippen molar-refractivity contribution in [2.45, 2.75) is 52.1 Å². The summed E-state index contributed by atoms with van der Waals surface area (Å²) in [6.45, 7) is 7.34. The second-order valence-electron chi connectivity index (χ2n) is 5.34. The van der Waals surface area contributed by atoms with Gasteiger partial charge in [-0.2, -0.15) is 0 Å². The zero-order valence-electron chi connectivity index (χ0n) is 9.71. The van der Waals surface area contributed by atoms with Crippen molar-refractivity contribution in [3.8, 4) is 0 Å². The molecule has 0 atom stereocenters. The predicted molar refractivity (Wildman–Crippen MR) is 62.9 cm³/mol. The van der Waals surface area contributed by atoms with Crippen molar-refractivity contribution in [3.05, 3.63) is 10.0 Å². The minimum atomic E-state index is 0.155. The van der Waals surface area contributed by atoms with E-state index in [-0.39, 0.29) is 5.54 Å². The summed E-state index contributed by atoms with van der Waals surface area (Å²) in [5.74, 6) is 0.904. The Labute approximate surface area is 95.3 Å². The van der Waals surface area contributed by atoms with Crippen LogP contribution >= 0.6 is 11.3 Å². The van der Waals surface area contributed by atoms with Crippen molar-refractivity contribution < 1.29 is 0 Å². The Morgan fingerprint density at radius 2 is 1.93 bits per heavy atom. The second kappa shape index (κ2) is 4.18. The summed E-state index contributed by atoms with van der Waals surface area (Å²) in [7, 11) is 0. The lowest BCUT2D eigenvalue weighted by atomic mass is 10.1. The second-order valence-corrected chi connectivity index (χ2v) is 6.49. The summed E-state index contributed by atoms with van der Waals surface area (Å²) in [5, 5.41) is 14.2. The first-order valence-electron chi connectivity index (χ1n) is 5.59. The van der Waals surface area contributed by atoms with Crippen LogP contribution in [0.5, 0.6) is 0 Å².